The van der Waals surface area contributed by atoms with E-state index in [4.69, 9.17) is 9.72 Å². The molecule has 1 aromatic carbocycles. The summed E-state index contributed by atoms with van der Waals surface area (Å²) in [4.78, 5) is 18.0. The van der Waals surface area contributed by atoms with E-state index >= 15 is 0 Å². The van der Waals surface area contributed by atoms with Gasteiger partial charge < -0.3 is 10.1 Å². The molecule has 1 N–H and O–H groups in total. The highest BCUT2D eigenvalue weighted by Gasteiger charge is 2.29. The van der Waals surface area contributed by atoms with Gasteiger partial charge in [0.05, 0.1) is 17.9 Å². The molecular weight excluding hydrogens is 358 g/mol. The molecule has 1 amide bonds. The summed E-state index contributed by atoms with van der Waals surface area (Å²) < 4.78 is 7.89. The van der Waals surface area contributed by atoms with Crippen LogP contribution in [-0.2, 0) is 17.8 Å². The maximum absolute atomic E-state index is 12.3. The van der Waals surface area contributed by atoms with Crippen molar-refractivity contribution in [3.63, 3.8) is 0 Å². The fourth-order valence-corrected chi connectivity index (χ4v) is 4.32. The molecule has 1 aliphatic heterocycles. The van der Waals surface area contributed by atoms with Gasteiger partial charge in [-0.2, -0.15) is 0 Å². The first-order valence-corrected chi connectivity index (χ1v) is 9.77. The van der Waals surface area contributed by atoms with Crippen molar-refractivity contribution in [3.05, 3.63) is 77.6 Å². The van der Waals surface area contributed by atoms with E-state index < -0.39 is 0 Å². The van der Waals surface area contributed by atoms with Gasteiger partial charge in [0, 0.05) is 23.9 Å². The van der Waals surface area contributed by atoms with Crippen molar-refractivity contribution in [1.29, 1.82) is 0 Å². The van der Waals surface area contributed by atoms with Gasteiger partial charge in [-0.1, -0.05) is 30.9 Å². The van der Waals surface area contributed by atoms with Crippen LogP contribution < -0.4 is 10.1 Å². The Morgan fingerprint density at radius 3 is 3.07 bits per heavy atom. The van der Waals surface area contributed by atoms with Crippen LogP contribution in [0, 0.1) is 0 Å². The van der Waals surface area contributed by atoms with E-state index in [9.17, 15) is 4.79 Å². The van der Waals surface area contributed by atoms with Crippen molar-refractivity contribution in [1.82, 2.24) is 14.7 Å². The predicted molar refractivity (Wildman–Crippen MR) is 107 cm³/mol. The molecule has 0 aliphatic carbocycles. The van der Waals surface area contributed by atoms with Crippen LogP contribution in [-0.4, -0.2) is 21.9 Å². The fourth-order valence-electron chi connectivity index (χ4n) is 3.58. The average molecular weight is 379 g/mol. The molecule has 27 heavy (non-hydrogen) atoms. The summed E-state index contributed by atoms with van der Waals surface area (Å²) in [5.74, 6) is 0.814. The molecule has 3 aromatic rings. The number of imidazole rings is 1. The van der Waals surface area contributed by atoms with Gasteiger partial charge in [0.25, 0.3) is 0 Å². The zero-order valence-electron chi connectivity index (χ0n) is 15.0. The molecule has 0 radical (unpaired) electrons. The Morgan fingerprint density at radius 1 is 1.37 bits per heavy atom. The Bertz CT molecular complexity index is 1020. The van der Waals surface area contributed by atoms with Crippen molar-refractivity contribution in [2.45, 2.75) is 25.3 Å². The monoisotopic (exact) mass is 379 g/mol. The summed E-state index contributed by atoms with van der Waals surface area (Å²) in [6.45, 7) is 8.49. The molecule has 5 nitrogen and oxygen atoms in total. The molecule has 1 atom stereocenters. The van der Waals surface area contributed by atoms with E-state index in [1.807, 2.05) is 29.8 Å². The van der Waals surface area contributed by atoms with Gasteiger partial charge in [0.15, 0.2) is 4.96 Å². The molecule has 0 fully saturated rings. The number of hydrogen-bond donors (Lipinski definition) is 1. The van der Waals surface area contributed by atoms with Crippen molar-refractivity contribution in [3.8, 4) is 5.75 Å². The van der Waals surface area contributed by atoms with Gasteiger partial charge in [-0.05, 0) is 23.6 Å². The minimum Gasteiger partial charge on any atom is -0.489 e. The maximum Gasteiger partial charge on any atom is 0.221 e. The smallest absolute Gasteiger partial charge is 0.221 e. The first-order valence-electron chi connectivity index (χ1n) is 8.89. The lowest BCUT2D eigenvalue weighted by Crippen LogP contribution is -2.21. The molecule has 138 valence electrons. The highest BCUT2D eigenvalue weighted by molar-refractivity contribution is 7.15. The number of nitrogens with one attached hydrogen (secondary N) is 1. The Balaban J connectivity index is 1.81. The highest BCUT2D eigenvalue weighted by Crippen LogP contribution is 2.36. The molecule has 0 saturated heterocycles. The van der Waals surface area contributed by atoms with E-state index in [-0.39, 0.29) is 11.8 Å². The number of carbonyl (C=O) groups is 1. The second kappa shape index (κ2) is 7.40. The van der Waals surface area contributed by atoms with Crippen LogP contribution in [0.4, 0.5) is 0 Å². The average Bonchev–Trinajstić information content (AvgIpc) is 3.20. The van der Waals surface area contributed by atoms with Gasteiger partial charge in [-0.15, -0.1) is 17.9 Å². The van der Waals surface area contributed by atoms with Crippen LogP contribution in [0.25, 0.3) is 4.96 Å². The third kappa shape index (κ3) is 3.28. The topological polar surface area (TPSA) is 55.6 Å². The summed E-state index contributed by atoms with van der Waals surface area (Å²) in [7, 11) is 0. The number of hydrogen-bond acceptors (Lipinski definition) is 4. The molecule has 0 spiro atoms. The number of thiazole rings is 1. The van der Waals surface area contributed by atoms with Crippen molar-refractivity contribution in [2.75, 3.05) is 6.61 Å². The minimum atomic E-state index is -0.0517. The Morgan fingerprint density at radius 2 is 2.26 bits per heavy atom. The highest BCUT2D eigenvalue weighted by atomic mass is 32.1. The number of benzene rings is 1. The van der Waals surface area contributed by atoms with E-state index in [1.54, 1.807) is 17.4 Å². The fraction of sp³-hybridized carbons (Fsp3) is 0.238. The quantitative estimate of drug-likeness (QED) is 0.662. The van der Waals surface area contributed by atoms with Gasteiger partial charge in [0.2, 0.25) is 5.91 Å². The third-order valence-corrected chi connectivity index (χ3v) is 5.51. The van der Waals surface area contributed by atoms with E-state index in [1.165, 1.54) is 0 Å². The molecule has 2 aromatic heterocycles. The number of ether oxygens (including phenoxy) is 1. The molecule has 0 bridgehead atoms. The lowest BCUT2D eigenvalue weighted by molar-refractivity contribution is -0.121. The zero-order chi connectivity index (χ0) is 18.8. The van der Waals surface area contributed by atoms with Crippen LogP contribution in [0.1, 0.15) is 34.9 Å². The lowest BCUT2D eigenvalue weighted by Gasteiger charge is -2.18. The maximum atomic E-state index is 12.3. The zero-order valence-corrected chi connectivity index (χ0v) is 15.8. The minimum absolute atomic E-state index is 0.0410. The first-order chi connectivity index (χ1) is 13.2. The van der Waals surface area contributed by atoms with Crippen LogP contribution in [0.3, 0.4) is 0 Å². The number of rotatable bonds is 6. The van der Waals surface area contributed by atoms with Crippen molar-refractivity contribution < 1.29 is 9.53 Å². The predicted octanol–water partition coefficient (Wildman–Crippen LogP) is 3.84. The van der Waals surface area contributed by atoms with Crippen molar-refractivity contribution >= 4 is 22.2 Å². The molecule has 3 heterocycles. The third-order valence-electron chi connectivity index (χ3n) is 4.76. The second-order valence-corrected chi connectivity index (χ2v) is 7.37. The number of amides is 1. The number of fused-ring (bicyclic) bond motifs is 3. The molecule has 4 rings (SSSR count). The summed E-state index contributed by atoms with van der Waals surface area (Å²) >= 11 is 1.60. The Kier molecular flexibility index (Phi) is 4.81. The standard InChI is InChI=1S/C21H21N3O2S/c1-3-5-15-11-14(6-7-18(15)26-9-4-2)16-12-19(25)22-13-17-20(16)24-8-10-27-21(24)23-17/h3-4,6-8,10-11,16H,1-2,5,9,12-13H2,(H,22,25)/t16-/m0/s1. The molecule has 0 saturated carbocycles. The normalized spacial score (nSPS) is 16.4. The van der Waals surface area contributed by atoms with Crippen LogP contribution in [0.5, 0.6) is 5.75 Å². The van der Waals surface area contributed by atoms with E-state index in [0.29, 0.717) is 26.0 Å². The van der Waals surface area contributed by atoms with Gasteiger partial charge in [0.1, 0.15) is 12.4 Å². The number of nitrogens with zero attached hydrogens (tertiary/aromatic N) is 2. The van der Waals surface area contributed by atoms with Crippen LogP contribution >= 0.6 is 11.3 Å². The Hall–Kier alpha value is -2.86. The van der Waals surface area contributed by atoms with Crippen molar-refractivity contribution in [2.24, 2.45) is 0 Å². The lowest BCUT2D eigenvalue weighted by atomic mass is 9.90. The van der Waals surface area contributed by atoms with Crippen LogP contribution in [0.15, 0.2) is 55.1 Å². The number of aromatic nitrogens is 2. The number of allylic oxidation sites excluding steroid dienone is 1. The summed E-state index contributed by atoms with van der Waals surface area (Å²) in [5.41, 5.74) is 4.18. The molecule has 6 heteroatoms. The van der Waals surface area contributed by atoms with E-state index in [2.05, 4.69) is 28.9 Å². The second-order valence-electron chi connectivity index (χ2n) is 6.49. The molecule has 1 aliphatic rings. The van der Waals surface area contributed by atoms with Gasteiger partial charge >= 0.3 is 0 Å². The van der Waals surface area contributed by atoms with E-state index in [0.717, 1.165) is 33.2 Å². The van der Waals surface area contributed by atoms with Gasteiger partial charge in [-0.3, -0.25) is 9.20 Å². The molecule has 0 unspecified atom stereocenters. The first kappa shape index (κ1) is 17.5. The largest absolute Gasteiger partial charge is 0.489 e. The van der Waals surface area contributed by atoms with Crippen LogP contribution in [0.2, 0.25) is 0 Å². The summed E-state index contributed by atoms with van der Waals surface area (Å²) in [5, 5.41) is 4.99. The summed E-state index contributed by atoms with van der Waals surface area (Å²) in [6.07, 6.45) is 6.72. The SMILES string of the molecule is C=CCOc1ccc([C@@H]2CC(=O)NCc3nc4sccn4c32)cc1CC=C. The molecular formula is C21H21N3O2S. The Labute approximate surface area is 162 Å². The number of carbonyl (C=O) groups excluding carboxylic acids is 1. The summed E-state index contributed by atoms with van der Waals surface area (Å²) in [6, 6.07) is 6.15. The van der Waals surface area contributed by atoms with Gasteiger partial charge in [-0.25, -0.2) is 4.98 Å².